The maximum Gasteiger partial charge on any atom is 0.335 e. The van der Waals surface area contributed by atoms with E-state index in [4.69, 9.17) is 14.2 Å². The fourth-order valence-electron chi connectivity index (χ4n) is 6.60. The summed E-state index contributed by atoms with van der Waals surface area (Å²) in [4.78, 5) is 13.8. The van der Waals surface area contributed by atoms with Crippen molar-refractivity contribution >= 4 is 5.97 Å². The maximum atomic E-state index is 11.4. The third kappa shape index (κ3) is 2.73. The van der Waals surface area contributed by atoms with E-state index in [2.05, 4.69) is 18.0 Å². The summed E-state index contributed by atoms with van der Waals surface area (Å²) in [5.41, 5.74) is 1.70. The van der Waals surface area contributed by atoms with Gasteiger partial charge in [-0.15, -0.1) is 0 Å². The zero-order chi connectivity index (χ0) is 23.2. The Morgan fingerprint density at radius 1 is 1.15 bits per heavy atom. The number of ether oxygens (including phenoxy) is 3. The largest absolute Gasteiger partial charge is 0.482 e. The monoisotopic (exact) mass is 461 g/mol. The van der Waals surface area contributed by atoms with E-state index in [1.165, 1.54) is 0 Å². The van der Waals surface area contributed by atoms with Crippen LogP contribution in [0.15, 0.2) is 24.3 Å². The van der Waals surface area contributed by atoms with Gasteiger partial charge in [0.05, 0.1) is 0 Å². The number of benzene rings is 1. The second kappa shape index (κ2) is 7.14. The van der Waals surface area contributed by atoms with E-state index in [9.17, 15) is 30.3 Å². The predicted molar refractivity (Wildman–Crippen MR) is 111 cm³/mol. The van der Waals surface area contributed by atoms with Gasteiger partial charge in [-0.3, -0.25) is 0 Å². The number of aliphatic hydroxyl groups excluding tert-OH is 4. The van der Waals surface area contributed by atoms with Gasteiger partial charge in [0.2, 0.25) is 6.29 Å². The van der Waals surface area contributed by atoms with Crippen LogP contribution in [0, 0.1) is 5.92 Å². The van der Waals surface area contributed by atoms with Gasteiger partial charge < -0.3 is 44.6 Å². The molecule has 0 aromatic heterocycles. The first-order valence-electron chi connectivity index (χ1n) is 11.2. The van der Waals surface area contributed by atoms with Crippen molar-refractivity contribution in [2.24, 2.45) is 5.92 Å². The number of hydrogen-bond donors (Lipinski definition) is 5. The minimum Gasteiger partial charge on any atom is -0.482 e. The van der Waals surface area contributed by atoms with E-state index in [-0.39, 0.29) is 17.7 Å². The van der Waals surface area contributed by atoms with Gasteiger partial charge in [-0.05, 0) is 38.1 Å². The van der Waals surface area contributed by atoms with Crippen molar-refractivity contribution in [2.45, 2.75) is 67.2 Å². The van der Waals surface area contributed by atoms with E-state index in [0.717, 1.165) is 30.5 Å². The molecule has 0 unspecified atom stereocenters. The summed E-state index contributed by atoms with van der Waals surface area (Å²) in [6.45, 7) is 0.861. The smallest absolute Gasteiger partial charge is 0.335 e. The van der Waals surface area contributed by atoms with Gasteiger partial charge in [0.1, 0.15) is 30.5 Å². The molecule has 2 saturated heterocycles. The van der Waals surface area contributed by atoms with Crippen molar-refractivity contribution in [3.05, 3.63) is 35.4 Å². The molecule has 3 heterocycles. The first kappa shape index (κ1) is 21.3. The molecule has 2 bridgehead atoms. The molecule has 3 aliphatic heterocycles. The van der Waals surface area contributed by atoms with E-state index in [1.54, 1.807) is 12.1 Å². The molecule has 1 aromatic rings. The Kier molecular flexibility index (Phi) is 4.62. The first-order chi connectivity index (χ1) is 15.7. The predicted octanol–water partition coefficient (Wildman–Crippen LogP) is -1.24. The van der Waals surface area contributed by atoms with Crippen LogP contribution in [-0.4, -0.2) is 98.9 Å². The second-order valence-electron chi connectivity index (χ2n) is 9.76. The van der Waals surface area contributed by atoms with Crippen LogP contribution in [0.25, 0.3) is 0 Å². The SMILES string of the molecule is CN1CC[C@@]23c4c5ccc(O[C@@H]6O[C@H](C(=O)O)[C@@H](O)[C@H](O)[C@H]6O)c4O[C@@H]2[C@H](O)C=C[C@H]3[C@H]1C5. The van der Waals surface area contributed by atoms with Gasteiger partial charge in [-0.25, -0.2) is 4.79 Å². The number of hydrogen-bond acceptors (Lipinski definition) is 9. The lowest BCUT2D eigenvalue weighted by molar-refractivity contribution is -0.271. The summed E-state index contributed by atoms with van der Waals surface area (Å²) in [6.07, 6.45) is -4.29. The lowest BCUT2D eigenvalue weighted by atomic mass is 9.53. The number of rotatable bonds is 3. The van der Waals surface area contributed by atoms with Gasteiger partial charge in [0, 0.05) is 22.9 Å². The lowest BCUT2D eigenvalue weighted by Crippen LogP contribution is -2.64. The fraction of sp³-hybridized carbons (Fsp3) is 0.609. The summed E-state index contributed by atoms with van der Waals surface area (Å²) >= 11 is 0. The number of piperidine rings is 1. The normalized spacial score (nSPS) is 45.3. The van der Waals surface area contributed by atoms with Crippen molar-refractivity contribution in [1.82, 2.24) is 4.90 Å². The summed E-state index contributed by atoms with van der Waals surface area (Å²) in [5, 5.41) is 50.6. The van der Waals surface area contributed by atoms with Crippen LogP contribution in [0.2, 0.25) is 0 Å². The Bertz CT molecular complexity index is 1030. The number of carboxylic acids is 1. The van der Waals surface area contributed by atoms with Crippen molar-refractivity contribution in [1.29, 1.82) is 0 Å². The van der Waals surface area contributed by atoms with Crippen LogP contribution in [0.5, 0.6) is 11.5 Å². The van der Waals surface area contributed by atoms with Crippen LogP contribution in [0.3, 0.4) is 0 Å². The average molecular weight is 461 g/mol. The highest BCUT2D eigenvalue weighted by atomic mass is 16.7. The second-order valence-corrected chi connectivity index (χ2v) is 9.76. The quantitative estimate of drug-likeness (QED) is 0.346. The Morgan fingerprint density at radius 2 is 1.94 bits per heavy atom. The van der Waals surface area contributed by atoms with Crippen LogP contribution in [0.4, 0.5) is 0 Å². The summed E-state index contributed by atoms with van der Waals surface area (Å²) in [5.74, 6) is -0.625. The summed E-state index contributed by atoms with van der Waals surface area (Å²) in [7, 11) is 2.12. The number of aliphatic carboxylic acids is 1. The average Bonchev–Trinajstić information content (AvgIpc) is 3.14. The van der Waals surface area contributed by atoms with Gasteiger partial charge in [0.15, 0.2) is 17.6 Å². The molecule has 5 N–H and O–H groups in total. The van der Waals surface area contributed by atoms with Gasteiger partial charge in [-0.1, -0.05) is 18.2 Å². The molecule has 1 aromatic carbocycles. The molecule has 5 aliphatic rings. The molecule has 6 rings (SSSR count). The molecular weight excluding hydrogens is 434 g/mol. The molecule has 0 amide bonds. The summed E-state index contributed by atoms with van der Waals surface area (Å²) in [6, 6.07) is 3.90. The Balaban J connectivity index is 1.41. The number of carbonyl (C=O) groups is 1. The third-order valence-electron chi connectivity index (χ3n) is 8.19. The van der Waals surface area contributed by atoms with Crippen molar-refractivity contribution in [3.63, 3.8) is 0 Å². The van der Waals surface area contributed by atoms with Gasteiger partial charge in [-0.2, -0.15) is 0 Å². The molecule has 178 valence electrons. The van der Waals surface area contributed by atoms with Crippen molar-refractivity contribution in [2.75, 3.05) is 13.6 Å². The Morgan fingerprint density at radius 3 is 2.70 bits per heavy atom. The first-order valence-corrected chi connectivity index (χ1v) is 11.2. The lowest BCUT2D eigenvalue weighted by Gasteiger charge is -2.56. The molecule has 10 heteroatoms. The van der Waals surface area contributed by atoms with Crippen LogP contribution in [0.1, 0.15) is 17.5 Å². The summed E-state index contributed by atoms with van der Waals surface area (Å²) < 4.78 is 17.5. The molecule has 2 fully saturated rings. The topological polar surface area (TPSA) is 149 Å². The highest BCUT2D eigenvalue weighted by Gasteiger charge is 2.64. The van der Waals surface area contributed by atoms with E-state index < -0.39 is 54.3 Å². The standard InChI is InChI=1S/C23H27NO9/c1-24-7-6-23-10-3-4-12(25)20(23)32-18-13(5-2-9(14(18)23)8-11(10)24)31-22-17(28)15(26)16(27)19(33-22)21(29)30/h2-5,10-12,15-17,19-20,22,25-28H,6-8H2,1H3,(H,29,30)/t10-,11+,12+,15-,16-,17+,19-,20+,22+,23+/m0/s1. The zero-order valence-electron chi connectivity index (χ0n) is 17.9. The van der Waals surface area contributed by atoms with E-state index >= 15 is 0 Å². The maximum absolute atomic E-state index is 11.4. The molecule has 0 radical (unpaired) electrons. The van der Waals surface area contributed by atoms with Crippen molar-refractivity contribution < 1.29 is 44.5 Å². The fourth-order valence-corrected chi connectivity index (χ4v) is 6.60. The zero-order valence-corrected chi connectivity index (χ0v) is 17.9. The molecule has 33 heavy (non-hydrogen) atoms. The minimum atomic E-state index is -1.80. The third-order valence-corrected chi connectivity index (χ3v) is 8.19. The van der Waals surface area contributed by atoms with E-state index in [1.807, 2.05) is 6.07 Å². The Labute approximate surface area is 189 Å². The van der Waals surface area contributed by atoms with Crippen LogP contribution in [-0.2, 0) is 21.4 Å². The van der Waals surface area contributed by atoms with Crippen molar-refractivity contribution in [3.8, 4) is 11.5 Å². The number of aliphatic hydroxyl groups is 4. The molecule has 0 saturated carbocycles. The number of likely N-dealkylation sites (N-methyl/N-ethyl adjacent to an activating group) is 1. The van der Waals surface area contributed by atoms with Gasteiger partial charge >= 0.3 is 5.97 Å². The number of carboxylic acid groups (broad SMARTS) is 1. The number of nitrogens with zero attached hydrogens (tertiary/aromatic N) is 1. The molecule has 1 spiro atoms. The molecule has 10 nitrogen and oxygen atoms in total. The van der Waals surface area contributed by atoms with Crippen LogP contribution >= 0.6 is 0 Å². The highest BCUT2D eigenvalue weighted by molar-refractivity contribution is 5.73. The van der Waals surface area contributed by atoms with E-state index in [0.29, 0.717) is 5.75 Å². The molecule has 10 atom stereocenters. The molecular formula is C23H27NO9. The number of likely N-dealkylation sites (tertiary alicyclic amines) is 1. The van der Waals surface area contributed by atoms with Crippen LogP contribution < -0.4 is 9.47 Å². The Hall–Kier alpha value is -2.21. The highest BCUT2D eigenvalue weighted by Crippen LogP contribution is 2.62. The minimum absolute atomic E-state index is 0.165. The molecule has 2 aliphatic carbocycles. The van der Waals surface area contributed by atoms with Gasteiger partial charge in [0.25, 0.3) is 0 Å².